The Kier molecular flexibility index (Phi) is 4.07. The van der Waals surface area contributed by atoms with E-state index < -0.39 is 10.0 Å². The van der Waals surface area contributed by atoms with E-state index in [1.54, 1.807) is 34.2 Å². The third-order valence-electron chi connectivity index (χ3n) is 5.46. The molecule has 140 valence electrons. The number of pyridine rings is 1. The second-order valence-electron chi connectivity index (χ2n) is 7.67. The predicted octanol–water partition coefficient (Wildman–Crippen LogP) is 1.74. The number of hydrogen-bond donors (Lipinski definition) is 0. The van der Waals surface area contributed by atoms with Crippen molar-refractivity contribution in [3.63, 3.8) is 0 Å². The zero-order valence-corrected chi connectivity index (χ0v) is 16.1. The molecule has 8 heteroatoms. The molecule has 2 atom stereocenters. The monoisotopic (exact) mass is 376 g/mol. The van der Waals surface area contributed by atoms with Gasteiger partial charge < -0.3 is 4.57 Å². The van der Waals surface area contributed by atoms with Gasteiger partial charge >= 0.3 is 0 Å². The summed E-state index contributed by atoms with van der Waals surface area (Å²) in [6.07, 6.45) is 2.57. The van der Waals surface area contributed by atoms with Crippen LogP contribution in [0, 0.1) is 12.8 Å². The van der Waals surface area contributed by atoms with Crippen LogP contribution in [-0.4, -0.2) is 40.2 Å². The van der Waals surface area contributed by atoms with Crippen LogP contribution >= 0.6 is 0 Å². The van der Waals surface area contributed by atoms with Crippen molar-refractivity contribution in [2.45, 2.75) is 50.6 Å². The summed E-state index contributed by atoms with van der Waals surface area (Å²) in [6.45, 7) is 7.14. The van der Waals surface area contributed by atoms with Crippen molar-refractivity contribution in [1.29, 1.82) is 0 Å². The van der Waals surface area contributed by atoms with Gasteiger partial charge in [-0.05, 0) is 39.2 Å². The molecule has 1 saturated heterocycles. The van der Waals surface area contributed by atoms with E-state index >= 15 is 0 Å². The van der Waals surface area contributed by atoms with Crippen LogP contribution in [0.5, 0.6) is 0 Å². The lowest BCUT2D eigenvalue weighted by Crippen LogP contribution is -2.49. The van der Waals surface area contributed by atoms with Crippen molar-refractivity contribution in [1.82, 2.24) is 18.7 Å². The van der Waals surface area contributed by atoms with E-state index in [1.165, 1.54) is 0 Å². The lowest BCUT2D eigenvalue weighted by atomic mass is 9.84. The molecule has 2 bridgehead atoms. The molecular weight excluding hydrogens is 352 g/mol. The van der Waals surface area contributed by atoms with Gasteiger partial charge in [-0.15, -0.1) is 0 Å². The van der Waals surface area contributed by atoms with Crippen LogP contribution in [0.4, 0.5) is 0 Å². The second kappa shape index (κ2) is 6.06. The first-order chi connectivity index (χ1) is 12.3. The van der Waals surface area contributed by atoms with E-state index in [9.17, 15) is 13.2 Å². The molecule has 0 radical (unpaired) electrons. The van der Waals surface area contributed by atoms with E-state index in [1.807, 2.05) is 24.5 Å². The molecule has 2 aromatic rings. The molecule has 0 aromatic carbocycles. The number of piperidine rings is 1. The van der Waals surface area contributed by atoms with Crippen molar-refractivity contribution >= 4 is 10.0 Å². The normalized spacial score (nSPS) is 23.2. The lowest BCUT2D eigenvalue weighted by Gasteiger charge is -2.41. The van der Waals surface area contributed by atoms with Gasteiger partial charge in [0.15, 0.2) is 0 Å². The maximum absolute atomic E-state index is 13.3. The molecule has 7 nitrogen and oxygen atoms in total. The van der Waals surface area contributed by atoms with E-state index in [4.69, 9.17) is 0 Å². The van der Waals surface area contributed by atoms with Crippen LogP contribution in [0.1, 0.15) is 43.6 Å². The average molecular weight is 376 g/mol. The van der Waals surface area contributed by atoms with Gasteiger partial charge in [-0.25, -0.2) is 8.42 Å². The minimum atomic E-state index is -3.60. The summed E-state index contributed by atoms with van der Waals surface area (Å²) in [5.41, 5.74) is 1.48. The first kappa shape index (κ1) is 17.5. The van der Waals surface area contributed by atoms with E-state index in [0.29, 0.717) is 25.3 Å². The van der Waals surface area contributed by atoms with Crippen LogP contribution < -0.4 is 5.56 Å². The van der Waals surface area contributed by atoms with Crippen LogP contribution in [0.25, 0.3) is 0 Å². The van der Waals surface area contributed by atoms with Gasteiger partial charge in [-0.3, -0.25) is 9.48 Å². The molecule has 0 spiro atoms. The smallest absolute Gasteiger partial charge is 0.250 e. The van der Waals surface area contributed by atoms with Crippen molar-refractivity contribution in [3.05, 3.63) is 46.1 Å². The maximum atomic E-state index is 13.3. The van der Waals surface area contributed by atoms with Gasteiger partial charge in [-0.2, -0.15) is 9.40 Å². The summed E-state index contributed by atoms with van der Waals surface area (Å²) in [5.74, 6) is 0.225. The molecule has 0 N–H and O–H groups in total. The summed E-state index contributed by atoms with van der Waals surface area (Å²) in [6, 6.07) is 5.39. The molecule has 26 heavy (non-hydrogen) atoms. The molecule has 0 aliphatic carbocycles. The van der Waals surface area contributed by atoms with Crippen molar-refractivity contribution in [2.75, 3.05) is 13.1 Å². The summed E-state index contributed by atoms with van der Waals surface area (Å²) in [4.78, 5) is 12.4. The molecule has 0 saturated carbocycles. The maximum Gasteiger partial charge on any atom is 0.250 e. The summed E-state index contributed by atoms with van der Waals surface area (Å²) in [5, 5.41) is 4.36. The summed E-state index contributed by atoms with van der Waals surface area (Å²) < 4.78 is 31.6. The minimum Gasteiger partial charge on any atom is -0.312 e. The highest BCUT2D eigenvalue weighted by Gasteiger charge is 2.40. The Hall–Kier alpha value is -1.93. The third-order valence-corrected chi connectivity index (χ3v) is 7.40. The molecule has 2 unspecified atom stereocenters. The summed E-state index contributed by atoms with van der Waals surface area (Å²) in [7, 11) is -3.60. The highest BCUT2D eigenvalue weighted by molar-refractivity contribution is 7.89. The van der Waals surface area contributed by atoms with Gasteiger partial charge in [-0.1, -0.05) is 6.07 Å². The Labute approximate surface area is 153 Å². The van der Waals surface area contributed by atoms with Crippen molar-refractivity contribution in [3.8, 4) is 0 Å². The molecule has 2 aromatic heterocycles. The fourth-order valence-corrected chi connectivity index (χ4v) is 5.89. The Morgan fingerprint density at radius 1 is 1.19 bits per heavy atom. The van der Waals surface area contributed by atoms with Gasteiger partial charge in [0, 0.05) is 49.6 Å². The predicted molar refractivity (Wildman–Crippen MR) is 97.7 cm³/mol. The van der Waals surface area contributed by atoms with Crippen LogP contribution in [0.15, 0.2) is 34.1 Å². The van der Waals surface area contributed by atoms with Gasteiger partial charge in [0.2, 0.25) is 10.0 Å². The number of hydrogen-bond acceptors (Lipinski definition) is 4. The van der Waals surface area contributed by atoms with Crippen molar-refractivity contribution in [2.24, 2.45) is 5.92 Å². The fraction of sp³-hybridized carbons (Fsp3) is 0.556. The highest BCUT2D eigenvalue weighted by atomic mass is 32.2. The third kappa shape index (κ3) is 2.72. The average Bonchev–Trinajstić information content (AvgIpc) is 2.99. The number of aryl methyl sites for hydroxylation is 1. The Morgan fingerprint density at radius 3 is 2.65 bits per heavy atom. The van der Waals surface area contributed by atoms with Gasteiger partial charge in [0.05, 0.1) is 5.69 Å². The van der Waals surface area contributed by atoms with Gasteiger partial charge in [0.25, 0.3) is 5.56 Å². The first-order valence-electron chi connectivity index (χ1n) is 9.03. The number of aromatic nitrogens is 3. The Morgan fingerprint density at radius 2 is 1.96 bits per heavy atom. The largest absolute Gasteiger partial charge is 0.312 e. The van der Waals surface area contributed by atoms with E-state index in [0.717, 1.165) is 12.1 Å². The molecule has 4 heterocycles. The highest BCUT2D eigenvalue weighted by Crippen LogP contribution is 2.37. The Bertz CT molecular complexity index is 1010. The Balaban J connectivity index is 1.69. The molecule has 2 aliphatic heterocycles. The first-order valence-corrected chi connectivity index (χ1v) is 10.5. The minimum absolute atomic E-state index is 0.00237. The lowest BCUT2D eigenvalue weighted by molar-refractivity contribution is 0.186. The van der Waals surface area contributed by atoms with Crippen LogP contribution in [-0.2, 0) is 16.6 Å². The SMILES string of the molecule is Cc1nn(C(C)C)cc1S(=O)(=O)N1CC2CC(C1)c1cccc(=O)n1C2. The number of fused-ring (bicyclic) bond motifs is 4. The van der Waals surface area contributed by atoms with Crippen LogP contribution in [0.2, 0.25) is 0 Å². The molecule has 2 aliphatic rings. The standard InChI is InChI=1S/C18H24N4O3S/c1-12(2)22-11-17(13(3)19-22)26(24,25)20-8-14-7-15(10-20)16-5-4-6-18(23)21(16)9-14/h4-6,11-12,14-15H,7-10H2,1-3H3. The number of nitrogens with zero attached hydrogens (tertiary/aromatic N) is 4. The van der Waals surface area contributed by atoms with Gasteiger partial charge in [0.1, 0.15) is 4.90 Å². The fourth-order valence-electron chi connectivity index (χ4n) is 4.17. The van der Waals surface area contributed by atoms with E-state index in [-0.39, 0.29) is 28.3 Å². The van der Waals surface area contributed by atoms with E-state index in [2.05, 4.69) is 5.10 Å². The molecule has 0 amide bonds. The number of sulfonamides is 1. The second-order valence-corrected chi connectivity index (χ2v) is 9.58. The summed E-state index contributed by atoms with van der Waals surface area (Å²) >= 11 is 0. The molecular formula is C18H24N4O3S. The van der Waals surface area contributed by atoms with Crippen LogP contribution in [0.3, 0.4) is 0 Å². The zero-order chi connectivity index (χ0) is 18.6. The number of rotatable bonds is 3. The quantitative estimate of drug-likeness (QED) is 0.818. The molecule has 4 rings (SSSR count). The van der Waals surface area contributed by atoms with Crippen molar-refractivity contribution < 1.29 is 8.42 Å². The zero-order valence-electron chi connectivity index (χ0n) is 15.3. The topological polar surface area (TPSA) is 77.2 Å². The molecule has 1 fully saturated rings.